The molecule has 17 heavy (non-hydrogen) atoms. The molecule has 0 bridgehead atoms. The van der Waals surface area contributed by atoms with Gasteiger partial charge in [0.05, 0.1) is 5.54 Å². The molecule has 0 spiro atoms. The molecule has 1 unspecified atom stereocenters. The highest BCUT2D eigenvalue weighted by atomic mass is 35.5. The van der Waals surface area contributed by atoms with Crippen LogP contribution in [-0.4, -0.2) is 24.5 Å². The summed E-state index contributed by atoms with van der Waals surface area (Å²) in [6, 6.07) is 0. The Labute approximate surface area is 111 Å². The lowest BCUT2D eigenvalue weighted by Crippen LogP contribution is -2.55. The molecule has 2 rings (SSSR count). The van der Waals surface area contributed by atoms with Crippen LogP contribution in [0.2, 0.25) is 0 Å². The Morgan fingerprint density at radius 2 is 2.00 bits per heavy atom. The monoisotopic (exact) mass is 260 g/mol. The Balaban J connectivity index is 0.00000144. The summed E-state index contributed by atoms with van der Waals surface area (Å²) in [7, 11) is 0. The van der Waals surface area contributed by atoms with E-state index in [2.05, 4.69) is 24.5 Å². The first-order chi connectivity index (χ1) is 7.60. The molecule has 2 aliphatic rings. The van der Waals surface area contributed by atoms with Crippen LogP contribution in [-0.2, 0) is 4.79 Å². The molecule has 100 valence electrons. The van der Waals surface area contributed by atoms with Crippen LogP contribution in [0.1, 0.15) is 52.4 Å². The van der Waals surface area contributed by atoms with Crippen molar-refractivity contribution in [1.82, 2.24) is 10.6 Å². The summed E-state index contributed by atoms with van der Waals surface area (Å²) in [6.45, 7) is 6.22. The highest BCUT2D eigenvalue weighted by molar-refractivity contribution is 5.86. The molecule has 0 aromatic rings. The van der Waals surface area contributed by atoms with Crippen LogP contribution in [0.3, 0.4) is 0 Å². The van der Waals surface area contributed by atoms with Gasteiger partial charge in [0.15, 0.2) is 0 Å². The molecule has 2 N–H and O–H groups in total. The van der Waals surface area contributed by atoms with Crippen molar-refractivity contribution in [3.63, 3.8) is 0 Å². The van der Waals surface area contributed by atoms with E-state index in [1.54, 1.807) is 0 Å². The summed E-state index contributed by atoms with van der Waals surface area (Å²) in [4.78, 5) is 12.2. The number of carbonyl (C=O) groups excluding carboxylic acids is 1. The van der Waals surface area contributed by atoms with Crippen molar-refractivity contribution in [1.29, 1.82) is 0 Å². The molecule has 1 saturated heterocycles. The summed E-state index contributed by atoms with van der Waals surface area (Å²) < 4.78 is 0. The van der Waals surface area contributed by atoms with Crippen molar-refractivity contribution in [2.45, 2.75) is 57.9 Å². The zero-order valence-corrected chi connectivity index (χ0v) is 11.8. The van der Waals surface area contributed by atoms with E-state index in [4.69, 9.17) is 0 Å². The van der Waals surface area contributed by atoms with Crippen LogP contribution in [0.25, 0.3) is 0 Å². The Kier molecular flexibility index (Phi) is 4.85. The first-order valence-electron chi connectivity index (χ1n) is 6.64. The highest BCUT2D eigenvalue weighted by Gasteiger charge is 2.40. The maximum absolute atomic E-state index is 12.2. The summed E-state index contributed by atoms with van der Waals surface area (Å²) in [5.41, 5.74) is 0.114. The SMILES string of the molecule is CCC1(C(=O)NCC2(C)CCC2)CCCN1.Cl. The van der Waals surface area contributed by atoms with Crippen molar-refractivity contribution < 1.29 is 4.79 Å². The first-order valence-corrected chi connectivity index (χ1v) is 6.64. The third-order valence-electron chi connectivity index (χ3n) is 4.52. The van der Waals surface area contributed by atoms with Crippen molar-refractivity contribution in [2.75, 3.05) is 13.1 Å². The van der Waals surface area contributed by atoms with Crippen LogP contribution in [0.15, 0.2) is 0 Å². The van der Waals surface area contributed by atoms with Gasteiger partial charge in [-0.15, -0.1) is 12.4 Å². The molecule has 0 aromatic carbocycles. The Bertz CT molecular complexity index is 271. The molecule has 2 fully saturated rings. The third kappa shape index (κ3) is 2.94. The maximum atomic E-state index is 12.2. The van der Waals surface area contributed by atoms with Gasteiger partial charge in [-0.05, 0) is 44.1 Å². The second-order valence-electron chi connectivity index (χ2n) is 5.81. The zero-order chi connectivity index (χ0) is 11.6. The summed E-state index contributed by atoms with van der Waals surface area (Å²) in [6.07, 6.45) is 6.86. The number of amides is 1. The molecule has 1 aliphatic carbocycles. The minimum Gasteiger partial charge on any atom is -0.354 e. The number of nitrogens with one attached hydrogen (secondary N) is 2. The van der Waals surface area contributed by atoms with E-state index in [-0.39, 0.29) is 23.9 Å². The molecule has 0 aromatic heterocycles. The fraction of sp³-hybridized carbons (Fsp3) is 0.923. The zero-order valence-electron chi connectivity index (χ0n) is 11.0. The molecule has 1 aliphatic heterocycles. The second kappa shape index (κ2) is 5.57. The van der Waals surface area contributed by atoms with Crippen molar-refractivity contribution in [3.8, 4) is 0 Å². The standard InChI is InChI=1S/C13H24N2O.ClH/c1-3-13(8-5-9-15-13)11(16)14-10-12(2)6-4-7-12;/h15H,3-10H2,1-2H3,(H,14,16);1H. The Morgan fingerprint density at radius 1 is 1.29 bits per heavy atom. The highest BCUT2D eigenvalue weighted by Crippen LogP contribution is 2.39. The number of hydrogen-bond donors (Lipinski definition) is 2. The fourth-order valence-electron chi connectivity index (χ4n) is 2.88. The molecule has 1 heterocycles. The van der Waals surface area contributed by atoms with E-state index < -0.39 is 0 Å². The van der Waals surface area contributed by atoms with Crippen LogP contribution >= 0.6 is 12.4 Å². The Morgan fingerprint density at radius 3 is 2.41 bits per heavy atom. The van der Waals surface area contributed by atoms with E-state index in [0.29, 0.717) is 5.41 Å². The fourth-order valence-corrected chi connectivity index (χ4v) is 2.88. The smallest absolute Gasteiger partial charge is 0.240 e. The van der Waals surface area contributed by atoms with Gasteiger partial charge in [0.25, 0.3) is 0 Å². The van der Waals surface area contributed by atoms with Gasteiger partial charge in [-0.2, -0.15) is 0 Å². The van der Waals surface area contributed by atoms with Gasteiger partial charge in [-0.3, -0.25) is 4.79 Å². The normalized spacial score (nSPS) is 30.2. The topological polar surface area (TPSA) is 41.1 Å². The van der Waals surface area contributed by atoms with Gasteiger partial charge < -0.3 is 10.6 Å². The van der Waals surface area contributed by atoms with Gasteiger partial charge in [0.2, 0.25) is 5.91 Å². The summed E-state index contributed by atoms with van der Waals surface area (Å²) in [5, 5.41) is 6.54. The predicted octanol–water partition coefficient (Wildman–Crippen LogP) is 2.25. The third-order valence-corrected chi connectivity index (χ3v) is 4.52. The van der Waals surface area contributed by atoms with Crippen LogP contribution in [0.4, 0.5) is 0 Å². The van der Waals surface area contributed by atoms with Gasteiger partial charge in [0, 0.05) is 6.54 Å². The largest absolute Gasteiger partial charge is 0.354 e. The predicted molar refractivity (Wildman–Crippen MR) is 72.5 cm³/mol. The van der Waals surface area contributed by atoms with Crippen molar-refractivity contribution in [3.05, 3.63) is 0 Å². The Hall–Kier alpha value is -0.280. The molecule has 1 atom stereocenters. The number of carbonyl (C=O) groups is 1. The van der Waals surface area contributed by atoms with Crippen molar-refractivity contribution in [2.24, 2.45) is 5.41 Å². The average molecular weight is 261 g/mol. The molecule has 3 nitrogen and oxygen atoms in total. The molecular formula is C13H25ClN2O. The van der Waals surface area contributed by atoms with Gasteiger partial charge in [-0.1, -0.05) is 20.3 Å². The molecule has 4 heteroatoms. The molecule has 0 radical (unpaired) electrons. The number of hydrogen-bond acceptors (Lipinski definition) is 2. The van der Waals surface area contributed by atoms with E-state index in [1.165, 1.54) is 19.3 Å². The molecule has 1 amide bonds. The maximum Gasteiger partial charge on any atom is 0.240 e. The minimum absolute atomic E-state index is 0. The quantitative estimate of drug-likeness (QED) is 0.814. The van der Waals surface area contributed by atoms with Crippen LogP contribution in [0, 0.1) is 5.41 Å². The average Bonchev–Trinajstić information content (AvgIpc) is 2.73. The minimum atomic E-state index is -0.264. The van der Waals surface area contributed by atoms with Gasteiger partial charge in [-0.25, -0.2) is 0 Å². The summed E-state index contributed by atoms with van der Waals surface area (Å²) in [5.74, 6) is 0.223. The lowest BCUT2D eigenvalue weighted by molar-refractivity contribution is -0.128. The first kappa shape index (κ1) is 14.8. The number of rotatable bonds is 4. The van der Waals surface area contributed by atoms with Crippen LogP contribution in [0.5, 0.6) is 0 Å². The van der Waals surface area contributed by atoms with Gasteiger partial charge >= 0.3 is 0 Å². The number of halogens is 1. The lowest BCUT2D eigenvalue weighted by atomic mass is 9.70. The van der Waals surface area contributed by atoms with Crippen molar-refractivity contribution >= 4 is 18.3 Å². The summed E-state index contributed by atoms with van der Waals surface area (Å²) >= 11 is 0. The molecule has 1 saturated carbocycles. The van der Waals surface area contributed by atoms with Gasteiger partial charge in [0.1, 0.15) is 0 Å². The van der Waals surface area contributed by atoms with E-state index in [9.17, 15) is 4.79 Å². The lowest BCUT2D eigenvalue weighted by Gasteiger charge is -2.39. The van der Waals surface area contributed by atoms with Crippen LogP contribution < -0.4 is 10.6 Å². The van der Waals surface area contributed by atoms with E-state index >= 15 is 0 Å². The van der Waals surface area contributed by atoms with E-state index in [0.717, 1.165) is 32.4 Å². The second-order valence-corrected chi connectivity index (χ2v) is 5.81. The van der Waals surface area contributed by atoms with E-state index in [1.807, 2.05) is 0 Å². The molecular weight excluding hydrogens is 236 g/mol.